The molecular weight excluding hydrogens is 214 g/mol. The maximum atomic E-state index is 10.7. The molecular formula is C10H11NO3S. The maximum absolute atomic E-state index is 10.7. The largest absolute Gasteiger partial charge is 0.492 e. The van der Waals surface area contributed by atoms with Gasteiger partial charge in [0, 0.05) is 6.42 Å². The summed E-state index contributed by atoms with van der Waals surface area (Å²) in [4.78, 5) is 10.9. The summed E-state index contributed by atoms with van der Waals surface area (Å²) in [6, 6.07) is 3.69. The lowest BCUT2D eigenvalue weighted by Crippen LogP contribution is -2.01. The van der Waals surface area contributed by atoms with Crippen molar-refractivity contribution >= 4 is 17.3 Å². The lowest BCUT2D eigenvalue weighted by atomic mass is 10.2. The van der Waals surface area contributed by atoms with Crippen LogP contribution in [0.1, 0.15) is 28.9 Å². The quantitative estimate of drug-likeness (QED) is 0.755. The number of aromatic carboxylic acids is 1. The number of rotatable bonds is 6. The lowest BCUT2D eigenvalue weighted by Gasteiger charge is -2.03. The van der Waals surface area contributed by atoms with Gasteiger partial charge in [-0.25, -0.2) is 4.79 Å². The van der Waals surface area contributed by atoms with E-state index in [2.05, 4.69) is 0 Å². The van der Waals surface area contributed by atoms with Crippen LogP contribution in [-0.4, -0.2) is 17.7 Å². The van der Waals surface area contributed by atoms with Gasteiger partial charge in [0.25, 0.3) is 0 Å². The van der Waals surface area contributed by atoms with Gasteiger partial charge in [-0.05, 0) is 24.3 Å². The lowest BCUT2D eigenvalue weighted by molar-refractivity contribution is 0.0698. The molecule has 5 heteroatoms. The average Bonchev–Trinajstić information content (AvgIpc) is 2.66. The topological polar surface area (TPSA) is 70.3 Å². The molecule has 0 aliphatic rings. The summed E-state index contributed by atoms with van der Waals surface area (Å²) in [5.41, 5.74) is 0. The Morgan fingerprint density at radius 2 is 2.40 bits per heavy atom. The molecule has 4 nitrogen and oxygen atoms in total. The van der Waals surface area contributed by atoms with E-state index in [1.165, 1.54) is 0 Å². The van der Waals surface area contributed by atoms with Crippen LogP contribution in [0.3, 0.4) is 0 Å². The molecule has 0 spiro atoms. The highest BCUT2D eigenvalue weighted by atomic mass is 32.1. The Labute approximate surface area is 91.7 Å². The highest BCUT2D eigenvalue weighted by molar-refractivity contribution is 7.12. The zero-order valence-corrected chi connectivity index (χ0v) is 8.92. The Bertz CT molecular complexity index is 367. The molecule has 1 rings (SSSR count). The maximum Gasteiger partial charge on any atom is 0.349 e. The molecule has 15 heavy (non-hydrogen) atoms. The van der Waals surface area contributed by atoms with Gasteiger partial charge >= 0.3 is 5.97 Å². The number of unbranched alkanes of at least 4 members (excludes halogenated alkanes) is 2. The predicted octanol–water partition coefficient (Wildman–Crippen LogP) is 2.52. The zero-order chi connectivity index (χ0) is 11.1. The Morgan fingerprint density at radius 1 is 1.60 bits per heavy atom. The highest BCUT2D eigenvalue weighted by Crippen LogP contribution is 2.24. The number of nitriles is 1. The standard InChI is InChI=1S/C10H11NO3S/c11-5-2-1-3-6-14-8-4-7-15-9(8)10(12)13/h4,7H,1-3,6H2,(H,12,13). The first kappa shape index (κ1) is 11.5. The van der Waals surface area contributed by atoms with E-state index in [1.54, 1.807) is 11.4 Å². The van der Waals surface area contributed by atoms with E-state index in [9.17, 15) is 4.79 Å². The number of carboxylic acid groups (broad SMARTS) is 1. The SMILES string of the molecule is N#CCCCCOc1ccsc1C(=O)O. The normalized spacial score (nSPS) is 9.53. The van der Waals surface area contributed by atoms with Gasteiger partial charge in [0.15, 0.2) is 4.88 Å². The van der Waals surface area contributed by atoms with E-state index < -0.39 is 5.97 Å². The van der Waals surface area contributed by atoms with E-state index in [4.69, 9.17) is 15.1 Å². The molecule has 1 aromatic heterocycles. The second-order valence-electron chi connectivity index (χ2n) is 2.88. The van der Waals surface area contributed by atoms with Gasteiger partial charge in [0.05, 0.1) is 12.7 Å². The number of carbonyl (C=O) groups is 1. The van der Waals surface area contributed by atoms with Crippen LogP contribution in [0, 0.1) is 11.3 Å². The van der Waals surface area contributed by atoms with Crippen LogP contribution in [0.15, 0.2) is 11.4 Å². The molecule has 0 bridgehead atoms. The first-order chi connectivity index (χ1) is 7.25. The Kier molecular flexibility index (Phi) is 4.64. The van der Waals surface area contributed by atoms with Crippen LogP contribution in [0.25, 0.3) is 0 Å². The summed E-state index contributed by atoms with van der Waals surface area (Å²) in [5.74, 6) is -0.540. The van der Waals surface area contributed by atoms with E-state index in [0.29, 0.717) is 18.8 Å². The predicted molar refractivity (Wildman–Crippen MR) is 56.2 cm³/mol. The van der Waals surface area contributed by atoms with Crippen molar-refractivity contribution in [3.8, 4) is 11.8 Å². The third-order valence-corrected chi connectivity index (χ3v) is 2.65. The summed E-state index contributed by atoms with van der Waals surface area (Å²) in [5, 5.41) is 18.8. The third kappa shape index (κ3) is 3.60. The first-order valence-electron chi connectivity index (χ1n) is 4.56. The smallest absolute Gasteiger partial charge is 0.349 e. The first-order valence-corrected chi connectivity index (χ1v) is 5.44. The van der Waals surface area contributed by atoms with E-state index in [0.717, 1.165) is 24.2 Å². The van der Waals surface area contributed by atoms with Crippen LogP contribution >= 0.6 is 11.3 Å². The number of ether oxygens (including phenoxy) is 1. The second-order valence-corrected chi connectivity index (χ2v) is 3.80. The molecule has 0 aromatic carbocycles. The molecule has 0 unspecified atom stereocenters. The van der Waals surface area contributed by atoms with Crippen molar-refractivity contribution < 1.29 is 14.6 Å². The van der Waals surface area contributed by atoms with Crippen molar-refractivity contribution in [1.82, 2.24) is 0 Å². The molecule has 0 atom stereocenters. The molecule has 0 aliphatic heterocycles. The van der Waals surface area contributed by atoms with Crippen LogP contribution in [-0.2, 0) is 0 Å². The van der Waals surface area contributed by atoms with Crippen LogP contribution < -0.4 is 4.74 Å². The summed E-state index contributed by atoms with van der Waals surface area (Å²) in [6.45, 7) is 0.457. The Hall–Kier alpha value is -1.54. The molecule has 0 saturated carbocycles. The fraction of sp³-hybridized carbons (Fsp3) is 0.400. The molecule has 0 aliphatic carbocycles. The number of carboxylic acids is 1. The average molecular weight is 225 g/mol. The van der Waals surface area contributed by atoms with Gasteiger partial charge in [-0.1, -0.05) is 0 Å². The second kappa shape index (κ2) is 6.04. The van der Waals surface area contributed by atoms with Gasteiger partial charge in [-0.15, -0.1) is 11.3 Å². The summed E-state index contributed by atoms with van der Waals surface area (Å²) >= 11 is 1.15. The monoisotopic (exact) mass is 225 g/mol. The van der Waals surface area contributed by atoms with Gasteiger partial charge < -0.3 is 9.84 Å². The van der Waals surface area contributed by atoms with Crippen LogP contribution in [0.4, 0.5) is 0 Å². The molecule has 0 radical (unpaired) electrons. The highest BCUT2D eigenvalue weighted by Gasteiger charge is 2.12. The van der Waals surface area contributed by atoms with Crippen molar-refractivity contribution in [3.05, 3.63) is 16.3 Å². The van der Waals surface area contributed by atoms with Crippen molar-refractivity contribution in [2.75, 3.05) is 6.61 Å². The molecule has 0 saturated heterocycles. The molecule has 1 N–H and O–H groups in total. The summed E-state index contributed by atoms with van der Waals surface area (Å²) in [6.07, 6.45) is 2.06. The Balaban J connectivity index is 2.35. The van der Waals surface area contributed by atoms with Crippen molar-refractivity contribution in [1.29, 1.82) is 5.26 Å². The number of nitrogens with zero attached hydrogens (tertiary/aromatic N) is 1. The van der Waals surface area contributed by atoms with Gasteiger partial charge in [0.2, 0.25) is 0 Å². The third-order valence-electron chi connectivity index (χ3n) is 1.76. The van der Waals surface area contributed by atoms with Crippen molar-refractivity contribution in [3.63, 3.8) is 0 Å². The zero-order valence-electron chi connectivity index (χ0n) is 8.10. The minimum atomic E-state index is -0.961. The van der Waals surface area contributed by atoms with Crippen molar-refractivity contribution in [2.45, 2.75) is 19.3 Å². The summed E-state index contributed by atoms with van der Waals surface area (Å²) in [7, 11) is 0. The van der Waals surface area contributed by atoms with Crippen LogP contribution in [0.2, 0.25) is 0 Å². The van der Waals surface area contributed by atoms with E-state index >= 15 is 0 Å². The molecule has 0 amide bonds. The van der Waals surface area contributed by atoms with Gasteiger partial charge in [0.1, 0.15) is 5.75 Å². The van der Waals surface area contributed by atoms with Crippen LogP contribution in [0.5, 0.6) is 5.75 Å². The van der Waals surface area contributed by atoms with E-state index in [1.807, 2.05) is 6.07 Å². The summed E-state index contributed by atoms with van der Waals surface area (Å²) < 4.78 is 5.31. The number of hydrogen-bond donors (Lipinski definition) is 1. The molecule has 1 aromatic rings. The fourth-order valence-corrected chi connectivity index (χ4v) is 1.73. The van der Waals surface area contributed by atoms with E-state index in [-0.39, 0.29) is 4.88 Å². The molecule has 80 valence electrons. The van der Waals surface area contributed by atoms with Gasteiger partial charge in [-0.2, -0.15) is 5.26 Å². The molecule has 0 fully saturated rings. The minimum Gasteiger partial charge on any atom is -0.492 e. The van der Waals surface area contributed by atoms with Crippen molar-refractivity contribution in [2.24, 2.45) is 0 Å². The molecule has 1 heterocycles. The number of thiophene rings is 1. The minimum absolute atomic E-state index is 0.232. The van der Waals surface area contributed by atoms with Gasteiger partial charge in [-0.3, -0.25) is 0 Å². The number of hydrogen-bond acceptors (Lipinski definition) is 4. The fourth-order valence-electron chi connectivity index (χ4n) is 1.06. The Morgan fingerprint density at radius 3 is 3.07 bits per heavy atom.